The van der Waals surface area contributed by atoms with Gasteiger partial charge in [-0.3, -0.25) is 4.72 Å². The number of nitrogens with one attached hydrogen (secondary N) is 1. The Morgan fingerprint density at radius 1 is 1.24 bits per heavy atom. The lowest BCUT2D eigenvalue weighted by molar-refractivity contribution is 0.599. The summed E-state index contributed by atoms with van der Waals surface area (Å²) in [6.07, 6.45) is 0.463. The Kier molecular flexibility index (Phi) is 4.77. The summed E-state index contributed by atoms with van der Waals surface area (Å²) in [6.45, 7) is 0.375. The Morgan fingerprint density at radius 2 is 1.82 bits per heavy atom. The van der Waals surface area contributed by atoms with Gasteiger partial charge in [0.15, 0.2) is 0 Å². The molecule has 0 aliphatic rings. The fraction of sp³-hybridized carbons (Fsp3) is 0.455. The van der Waals surface area contributed by atoms with E-state index in [4.69, 9.17) is 5.73 Å². The molecule has 0 aromatic heterocycles. The highest BCUT2D eigenvalue weighted by molar-refractivity contribution is 7.92. The summed E-state index contributed by atoms with van der Waals surface area (Å²) in [4.78, 5) is 1.95. The zero-order chi connectivity index (χ0) is 12.9. The van der Waals surface area contributed by atoms with Crippen molar-refractivity contribution in [3.05, 3.63) is 24.3 Å². The molecule has 0 saturated heterocycles. The van der Waals surface area contributed by atoms with Crippen LogP contribution in [0.2, 0.25) is 0 Å². The first kappa shape index (κ1) is 13.8. The number of anilines is 2. The van der Waals surface area contributed by atoms with Crippen LogP contribution in [-0.4, -0.2) is 34.8 Å². The lowest BCUT2D eigenvalue weighted by Crippen LogP contribution is -2.19. The molecule has 1 aromatic rings. The van der Waals surface area contributed by atoms with Gasteiger partial charge in [-0.2, -0.15) is 0 Å². The summed E-state index contributed by atoms with van der Waals surface area (Å²) < 4.78 is 25.7. The number of benzene rings is 1. The predicted octanol–water partition coefficient (Wildman–Crippen LogP) is 0.843. The van der Waals surface area contributed by atoms with E-state index in [2.05, 4.69) is 4.72 Å². The molecule has 0 atom stereocenters. The van der Waals surface area contributed by atoms with Crippen LogP contribution in [0.4, 0.5) is 11.4 Å². The molecule has 0 amide bonds. The van der Waals surface area contributed by atoms with Crippen LogP contribution in [0, 0.1) is 0 Å². The molecule has 0 bridgehead atoms. The van der Waals surface area contributed by atoms with Crippen molar-refractivity contribution in [2.24, 2.45) is 5.73 Å². The summed E-state index contributed by atoms with van der Waals surface area (Å²) in [6, 6.07) is 7.21. The largest absolute Gasteiger partial charge is 0.378 e. The van der Waals surface area contributed by atoms with Crippen molar-refractivity contribution in [3.63, 3.8) is 0 Å². The van der Waals surface area contributed by atoms with E-state index in [1.165, 1.54) is 0 Å². The Labute approximate surface area is 103 Å². The van der Waals surface area contributed by atoms with Gasteiger partial charge in [0.05, 0.1) is 5.75 Å². The molecule has 5 nitrogen and oxygen atoms in total. The number of sulfonamides is 1. The summed E-state index contributed by atoms with van der Waals surface area (Å²) in [5, 5.41) is 0. The molecule has 17 heavy (non-hydrogen) atoms. The van der Waals surface area contributed by atoms with E-state index in [0.717, 1.165) is 5.69 Å². The van der Waals surface area contributed by atoms with Gasteiger partial charge in [0.25, 0.3) is 0 Å². The minimum atomic E-state index is -3.27. The molecule has 0 heterocycles. The average molecular weight is 257 g/mol. The molecule has 0 spiro atoms. The summed E-state index contributed by atoms with van der Waals surface area (Å²) in [5.74, 6) is 0.0545. The zero-order valence-electron chi connectivity index (χ0n) is 10.2. The fourth-order valence-electron chi connectivity index (χ4n) is 1.33. The van der Waals surface area contributed by atoms with Crippen LogP contribution in [0.1, 0.15) is 6.42 Å². The van der Waals surface area contributed by atoms with Gasteiger partial charge in [-0.25, -0.2) is 8.42 Å². The second-order valence-corrected chi connectivity index (χ2v) is 5.85. The Balaban J connectivity index is 2.69. The van der Waals surface area contributed by atoms with Crippen molar-refractivity contribution < 1.29 is 8.42 Å². The first-order valence-corrected chi connectivity index (χ1v) is 7.08. The van der Waals surface area contributed by atoms with Crippen LogP contribution >= 0.6 is 0 Å². The molecular formula is C11H19N3O2S. The van der Waals surface area contributed by atoms with Crippen LogP contribution in [0.15, 0.2) is 24.3 Å². The van der Waals surface area contributed by atoms with E-state index < -0.39 is 10.0 Å². The third-order valence-corrected chi connectivity index (χ3v) is 3.65. The maximum absolute atomic E-state index is 11.6. The van der Waals surface area contributed by atoms with Crippen LogP contribution in [-0.2, 0) is 10.0 Å². The minimum absolute atomic E-state index is 0.0545. The van der Waals surface area contributed by atoms with Gasteiger partial charge in [0, 0.05) is 25.5 Å². The lowest BCUT2D eigenvalue weighted by atomic mass is 10.3. The summed E-state index contributed by atoms with van der Waals surface area (Å²) >= 11 is 0. The smallest absolute Gasteiger partial charge is 0.232 e. The molecule has 0 unspecified atom stereocenters. The van der Waals surface area contributed by atoms with Crippen LogP contribution in [0.3, 0.4) is 0 Å². The number of hydrogen-bond donors (Lipinski definition) is 2. The van der Waals surface area contributed by atoms with E-state index in [1.54, 1.807) is 12.1 Å². The second kappa shape index (κ2) is 5.88. The Hall–Kier alpha value is -1.27. The highest BCUT2D eigenvalue weighted by Gasteiger charge is 2.09. The third kappa shape index (κ3) is 4.62. The first-order valence-electron chi connectivity index (χ1n) is 5.42. The maximum Gasteiger partial charge on any atom is 0.232 e. The number of rotatable bonds is 6. The van der Waals surface area contributed by atoms with Crippen molar-refractivity contribution in [2.45, 2.75) is 6.42 Å². The molecule has 0 aliphatic heterocycles. The van der Waals surface area contributed by atoms with Crippen molar-refractivity contribution in [2.75, 3.05) is 36.0 Å². The van der Waals surface area contributed by atoms with E-state index in [1.807, 2.05) is 31.1 Å². The van der Waals surface area contributed by atoms with Gasteiger partial charge in [-0.1, -0.05) is 0 Å². The predicted molar refractivity (Wildman–Crippen MR) is 71.8 cm³/mol. The molecule has 0 fully saturated rings. The van der Waals surface area contributed by atoms with E-state index in [-0.39, 0.29) is 5.75 Å². The lowest BCUT2D eigenvalue weighted by Gasteiger charge is -2.13. The molecule has 6 heteroatoms. The topological polar surface area (TPSA) is 75.4 Å². The maximum atomic E-state index is 11.6. The van der Waals surface area contributed by atoms with Gasteiger partial charge in [0.1, 0.15) is 0 Å². The number of hydrogen-bond acceptors (Lipinski definition) is 4. The number of nitrogens with two attached hydrogens (primary N) is 1. The minimum Gasteiger partial charge on any atom is -0.378 e. The fourth-order valence-corrected chi connectivity index (χ4v) is 2.48. The average Bonchev–Trinajstić information content (AvgIpc) is 2.26. The monoisotopic (exact) mass is 257 g/mol. The van der Waals surface area contributed by atoms with Gasteiger partial charge >= 0.3 is 0 Å². The Morgan fingerprint density at radius 3 is 2.29 bits per heavy atom. The normalized spacial score (nSPS) is 11.2. The molecule has 3 N–H and O–H groups in total. The van der Waals surface area contributed by atoms with Crippen LogP contribution in [0.5, 0.6) is 0 Å². The van der Waals surface area contributed by atoms with Crippen molar-refractivity contribution >= 4 is 21.4 Å². The highest BCUT2D eigenvalue weighted by Crippen LogP contribution is 2.16. The molecule has 0 aliphatic carbocycles. The van der Waals surface area contributed by atoms with Crippen LogP contribution in [0.25, 0.3) is 0 Å². The second-order valence-electron chi connectivity index (χ2n) is 4.00. The van der Waals surface area contributed by atoms with E-state index in [9.17, 15) is 8.42 Å². The van der Waals surface area contributed by atoms with Crippen LogP contribution < -0.4 is 15.4 Å². The van der Waals surface area contributed by atoms with Gasteiger partial charge < -0.3 is 10.6 Å². The van der Waals surface area contributed by atoms with Gasteiger partial charge in [-0.05, 0) is 37.2 Å². The third-order valence-electron chi connectivity index (χ3n) is 2.27. The molecule has 0 saturated carbocycles. The molecule has 1 rings (SSSR count). The van der Waals surface area contributed by atoms with Crippen molar-refractivity contribution in [3.8, 4) is 0 Å². The molecule has 0 radical (unpaired) electrons. The highest BCUT2D eigenvalue weighted by atomic mass is 32.2. The first-order chi connectivity index (χ1) is 7.94. The zero-order valence-corrected chi connectivity index (χ0v) is 11.0. The number of nitrogens with zero attached hydrogens (tertiary/aromatic N) is 1. The van der Waals surface area contributed by atoms with E-state index in [0.29, 0.717) is 18.7 Å². The van der Waals surface area contributed by atoms with Gasteiger partial charge in [-0.15, -0.1) is 0 Å². The summed E-state index contributed by atoms with van der Waals surface area (Å²) in [7, 11) is 0.588. The van der Waals surface area contributed by atoms with Crippen molar-refractivity contribution in [1.82, 2.24) is 0 Å². The Bertz CT molecular complexity index is 440. The van der Waals surface area contributed by atoms with E-state index >= 15 is 0 Å². The molecule has 1 aromatic carbocycles. The standard InChI is InChI=1S/C11H19N3O2S/c1-14(2)11-6-4-10(5-7-11)13-17(15,16)9-3-8-12/h4-7,13H,3,8-9,12H2,1-2H3. The summed E-state index contributed by atoms with van der Waals surface area (Å²) in [5.41, 5.74) is 6.88. The van der Waals surface area contributed by atoms with Gasteiger partial charge in [0.2, 0.25) is 10.0 Å². The quantitative estimate of drug-likeness (QED) is 0.792. The van der Waals surface area contributed by atoms with Crippen molar-refractivity contribution in [1.29, 1.82) is 0 Å². The molecule has 96 valence electrons. The molecular weight excluding hydrogens is 238 g/mol. The SMILES string of the molecule is CN(C)c1ccc(NS(=O)(=O)CCCN)cc1.